The Labute approximate surface area is 245 Å². The van der Waals surface area contributed by atoms with Gasteiger partial charge in [-0.25, -0.2) is 13.6 Å². The van der Waals surface area contributed by atoms with Crippen LogP contribution in [0.2, 0.25) is 0 Å². The number of hydrogen-bond donors (Lipinski definition) is 1. The number of ether oxygens (including phenoxy) is 1. The van der Waals surface area contributed by atoms with E-state index < -0.39 is 46.2 Å². The van der Waals surface area contributed by atoms with Crippen LogP contribution in [0.4, 0.5) is 22.0 Å². The molecular weight excluding hydrogens is 575 g/mol. The maximum Gasteiger partial charge on any atom is 0.519 e. The van der Waals surface area contributed by atoms with Gasteiger partial charge >= 0.3 is 12.0 Å². The summed E-state index contributed by atoms with van der Waals surface area (Å²) < 4.78 is 86.1. The molecule has 0 bridgehead atoms. The first-order chi connectivity index (χ1) is 20.1. The normalized spacial score (nSPS) is 24.0. The lowest BCUT2D eigenvalue weighted by Crippen LogP contribution is -2.63. The van der Waals surface area contributed by atoms with Crippen LogP contribution < -0.4 is 11.1 Å². The Kier molecular flexibility index (Phi) is 8.06. The summed E-state index contributed by atoms with van der Waals surface area (Å²) in [5, 5.41) is 3.11. The van der Waals surface area contributed by atoms with Crippen molar-refractivity contribution in [3.05, 3.63) is 92.9 Å². The highest BCUT2D eigenvalue weighted by atomic mass is 19.4. The summed E-state index contributed by atoms with van der Waals surface area (Å²) in [4.78, 5) is 26.2. The van der Waals surface area contributed by atoms with Crippen molar-refractivity contribution in [3.63, 3.8) is 0 Å². The highest BCUT2D eigenvalue weighted by Crippen LogP contribution is 2.46. The topological polar surface area (TPSA) is 84.9 Å². The minimum atomic E-state index is -4.83. The molecule has 1 spiro atoms. The van der Waals surface area contributed by atoms with Crippen molar-refractivity contribution in [2.45, 2.75) is 82.3 Å². The van der Waals surface area contributed by atoms with Crippen LogP contribution >= 0.6 is 0 Å². The van der Waals surface area contributed by atoms with E-state index in [9.17, 15) is 31.5 Å². The zero-order valence-corrected chi connectivity index (χ0v) is 24.0. The zero-order valence-electron chi connectivity index (χ0n) is 24.0. The van der Waals surface area contributed by atoms with Gasteiger partial charge < -0.3 is 18.9 Å². The molecule has 2 fully saturated rings. The molecule has 12 heteroatoms. The van der Waals surface area contributed by atoms with Crippen molar-refractivity contribution >= 4 is 5.91 Å². The molecule has 0 unspecified atom stereocenters. The highest BCUT2D eigenvalue weighted by molar-refractivity contribution is 5.79. The van der Waals surface area contributed by atoms with Crippen molar-refractivity contribution in [1.82, 2.24) is 10.2 Å². The fourth-order valence-electron chi connectivity index (χ4n) is 6.16. The van der Waals surface area contributed by atoms with Crippen molar-refractivity contribution < 1.29 is 40.3 Å². The van der Waals surface area contributed by atoms with Gasteiger partial charge in [-0.1, -0.05) is 30.3 Å². The van der Waals surface area contributed by atoms with Crippen molar-refractivity contribution in [3.8, 4) is 0 Å². The van der Waals surface area contributed by atoms with Gasteiger partial charge in [0.05, 0.1) is 35.9 Å². The second-order valence-electron chi connectivity index (χ2n) is 11.7. The van der Waals surface area contributed by atoms with Crippen LogP contribution in [-0.4, -0.2) is 29.5 Å². The molecule has 2 aliphatic heterocycles. The van der Waals surface area contributed by atoms with Gasteiger partial charge in [0.15, 0.2) is 5.76 Å². The smallest absolute Gasteiger partial charge is 0.396 e. The molecule has 0 saturated carbocycles. The molecule has 2 aromatic carbocycles. The maximum atomic E-state index is 14.2. The number of hydrogen-bond acceptors (Lipinski definition) is 6. The first-order valence-corrected chi connectivity index (χ1v) is 14.0. The largest absolute Gasteiger partial charge is 0.519 e. The lowest BCUT2D eigenvalue weighted by Gasteiger charge is -2.53. The number of carbonyl (C=O) groups excluding carboxylic acids is 1. The molecule has 1 N–H and O–H groups in total. The molecule has 7 nitrogen and oxygen atoms in total. The number of aryl methyl sites for hydroxylation is 1. The SMILES string of the molecule is Cc1oc(=O)oc1CN1C[C@@]2(CCC(=O)N2)CC[C@@]1(CO[C@H](C)c1cc(C(C)(F)F)cc(C(F)(F)F)c1)c1ccccc1. The molecular formula is C31H33F5N2O5. The lowest BCUT2D eigenvalue weighted by atomic mass is 9.74. The first-order valence-electron chi connectivity index (χ1n) is 14.0. The van der Waals surface area contributed by atoms with E-state index in [0.29, 0.717) is 56.7 Å². The molecule has 5 rings (SSSR count). The number of likely N-dealkylation sites (tertiary alicyclic amines) is 1. The molecule has 1 aromatic heterocycles. The molecule has 1 amide bonds. The molecule has 0 aliphatic carbocycles. The van der Waals surface area contributed by atoms with Crippen LogP contribution in [-0.2, 0) is 33.7 Å². The van der Waals surface area contributed by atoms with Gasteiger partial charge in [-0.05, 0) is 62.4 Å². The number of amides is 1. The van der Waals surface area contributed by atoms with E-state index in [-0.39, 0.29) is 24.6 Å². The Morgan fingerprint density at radius 2 is 1.70 bits per heavy atom. The summed E-state index contributed by atoms with van der Waals surface area (Å²) >= 11 is 0. The molecule has 43 heavy (non-hydrogen) atoms. The van der Waals surface area contributed by atoms with Gasteiger partial charge in [-0.3, -0.25) is 9.69 Å². The number of carbonyl (C=O) groups is 1. The second-order valence-corrected chi connectivity index (χ2v) is 11.7. The van der Waals surface area contributed by atoms with Gasteiger partial charge in [0, 0.05) is 25.5 Å². The number of nitrogens with one attached hydrogen (secondary N) is 1. The van der Waals surface area contributed by atoms with Gasteiger partial charge in [-0.15, -0.1) is 0 Å². The monoisotopic (exact) mass is 608 g/mol. The van der Waals surface area contributed by atoms with Gasteiger partial charge in [0.2, 0.25) is 5.91 Å². The average molecular weight is 609 g/mol. The maximum absolute atomic E-state index is 14.2. The lowest BCUT2D eigenvalue weighted by molar-refractivity contribution is -0.138. The molecule has 2 saturated heterocycles. The Morgan fingerprint density at radius 1 is 1.00 bits per heavy atom. The Bertz CT molecular complexity index is 1500. The predicted octanol–water partition coefficient (Wildman–Crippen LogP) is 6.59. The van der Waals surface area contributed by atoms with E-state index in [1.807, 2.05) is 35.2 Å². The molecule has 3 heterocycles. The summed E-state index contributed by atoms with van der Waals surface area (Å²) in [6.07, 6.45) is -3.76. The van der Waals surface area contributed by atoms with Crippen molar-refractivity contribution in [2.24, 2.45) is 0 Å². The number of alkyl halides is 5. The Balaban J connectivity index is 1.53. The van der Waals surface area contributed by atoms with Crippen LogP contribution in [0.1, 0.15) is 79.4 Å². The zero-order chi connectivity index (χ0) is 31.2. The standard InChI is InChI=1S/C31H33F5N2O5/c1-19(21-13-23(28(3,32)33)15-24(14-21)31(34,35)36)41-18-30(22-7-5-4-6-8-22)12-11-29(10-9-26(39)37-29)17-38(30)16-25-20(2)42-27(40)43-25/h4-8,13-15,19H,9-12,16-18H2,1-3H3,(H,37,39)/t19-,29-,30-/m1/s1. The summed E-state index contributed by atoms with van der Waals surface area (Å²) in [6.45, 7) is 4.14. The number of rotatable bonds is 8. The van der Waals surface area contributed by atoms with E-state index in [1.165, 1.54) is 6.92 Å². The summed E-state index contributed by atoms with van der Waals surface area (Å²) in [5.74, 6) is -3.80. The van der Waals surface area contributed by atoms with E-state index in [4.69, 9.17) is 13.6 Å². The summed E-state index contributed by atoms with van der Waals surface area (Å²) in [7, 11) is 0. The third-order valence-corrected chi connectivity index (χ3v) is 8.66. The van der Waals surface area contributed by atoms with Gasteiger partial charge in [0.1, 0.15) is 5.76 Å². The van der Waals surface area contributed by atoms with Crippen molar-refractivity contribution in [2.75, 3.05) is 13.2 Å². The summed E-state index contributed by atoms with van der Waals surface area (Å²) in [5.41, 5.74) is -2.53. The van der Waals surface area contributed by atoms with E-state index >= 15 is 0 Å². The van der Waals surface area contributed by atoms with Crippen LogP contribution in [0, 0.1) is 6.92 Å². The van der Waals surface area contributed by atoms with Crippen LogP contribution in [0.15, 0.2) is 62.2 Å². The Morgan fingerprint density at radius 3 is 2.28 bits per heavy atom. The molecule has 2 aliphatic rings. The van der Waals surface area contributed by atoms with Crippen LogP contribution in [0.25, 0.3) is 0 Å². The third kappa shape index (κ3) is 6.40. The summed E-state index contributed by atoms with van der Waals surface area (Å²) in [6, 6.07) is 11.7. The minimum Gasteiger partial charge on any atom is -0.396 e. The second kappa shape index (κ2) is 11.2. The van der Waals surface area contributed by atoms with E-state index in [1.54, 1.807) is 6.92 Å². The van der Waals surface area contributed by atoms with Crippen LogP contribution in [0.5, 0.6) is 0 Å². The van der Waals surface area contributed by atoms with E-state index in [0.717, 1.165) is 17.7 Å². The van der Waals surface area contributed by atoms with E-state index in [2.05, 4.69) is 5.32 Å². The Hall–Kier alpha value is -3.51. The van der Waals surface area contributed by atoms with Gasteiger partial charge in [-0.2, -0.15) is 13.2 Å². The quantitative estimate of drug-likeness (QED) is 0.291. The third-order valence-electron chi connectivity index (χ3n) is 8.66. The highest BCUT2D eigenvalue weighted by Gasteiger charge is 2.52. The van der Waals surface area contributed by atoms with Gasteiger partial charge in [0.25, 0.3) is 5.92 Å². The first kappa shape index (κ1) is 30.9. The molecule has 3 aromatic rings. The fourth-order valence-corrected chi connectivity index (χ4v) is 6.16. The number of halogens is 5. The molecule has 232 valence electrons. The average Bonchev–Trinajstić information content (AvgIpc) is 3.47. The number of nitrogens with zero attached hydrogens (tertiary/aromatic N) is 1. The van der Waals surface area contributed by atoms with Crippen LogP contribution in [0.3, 0.4) is 0 Å². The minimum absolute atomic E-state index is 0.0303. The number of benzene rings is 2. The van der Waals surface area contributed by atoms with Crippen molar-refractivity contribution in [1.29, 1.82) is 0 Å². The predicted molar refractivity (Wildman–Crippen MR) is 145 cm³/mol. The molecule has 3 atom stereocenters. The fraction of sp³-hybridized carbons (Fsp3) is 0.484. The number of piperidine rings is 1. The molecule has 0 radical (unpaired) electrons.